The third-order valence-electron chi connectivity index (χ3n) is 3.16. The minimum Gasteiger partial charge on any atom is -0.379 e. The van der Waals surface area contributed by atoms with Crippen molar-refractivity contribution in [1.29, 1.82) is 0 Å². The highest BCUT2D eigenvalue weighted by Gasteiger charge is 2.08. The van der Waals surface area contributed by atoms with Crippen molar-refractivity contribution in [1.82, 2.24) is 0 Å². The van der Waals surface area contributed by atoms with Gasteiger partial charge < -0.3 is 5.32 Å². The van der Waals surface area contributed by atoms with Gasteiger partial charge in [-0.05, 0) is 45.5 Å². The summed E-state index contributed by atoms with van der Waals surface area (Å²) in [6.45, 7) is 4.82. The minimum absolute atomic E-state index is 0.128. The highest BCUT2D eigenvalue weighted by Crippen LogP contribution is 2.23. The molecule has 0 unspecified atom stereocenters. The number of benzene rings is 2. The van der Waals surface area contributed by atoms with E-state index < -0.39 is 11.6 Å². The zero-order chi connectivity index (χ0) is 15.4. The second-order valence-electron chi connectivity index (χ2n) is 5.51. The maximum Gasteiger partial charge on any atom is 0.147 e. The molecule has 1 N–H and O–H groups in total. The van der Waals surface area contributed by atoms with Crippen LogP contribution < -0.4 is 5.32 Å². The van der Waals surface area contributed by atoms with Crippen LogP contribution in [0.25, 0.3) is 0 Å². The Morgan fingerprint density at radius 3 is 2.24 bits per heavy atom. The largest absolute Gasteiger partial charge is 0.379 e. The van der Waals surface area contributed by atoms with Gasteiger partial charge in [0.05, 0.1) is 10.2 Å². The first-order valence-electron chi connectivity index (χ1n) is 6.92. The first-order valence-corrected chi connectivity index (χ1v) is 7.71. The molecule has 1 nitrogen and oxygen atoms in total. The van der Waals surface area contributed by atoms with E-state index in [9.17, 15) is 8.78 Å². The summed E-state index contributed by atoms with van der Waals surface area (Å²) in [5.41, 5.74) is 2.49. The van der Waals surface area contributed by atoms with E-state index in [1.807, 2.05) is 12.1 Å². The van der Waals surface area contributed by atoms with Crippen molar-refractivity contribution in [3.63, 3.8) is 0 Å². The Bertz CT molecular complexity index is 609. The maximum atomic E-state index is 13.7. The highest BCUT2D eigenvalue weighted by atomic mass is 79.9. The van der Waals surface area contributed by atoms with Gasteiger partial charge in [-0.1, -0.05) is 38.1 Å². The summed E-state index contributed by atoms with van der Waals surface area (Å²) in [7, 11) is 0. The summed E-state index contributed by atoms with van der Waals surface area (Å²) >= 11 is 2.96. The molecular weight excluding hydrogens is 336 g/mol. The summed E-state index contributed by atoms with van der Waals surface area (Å²) in [6, 6.07) is 10.5. The molecule has 0 atom stereocenters. The van der Waals surface area contributed by atoms with Gasteiger partial charge in [0, 0.05) is 12.6 Å². The molecule has 112 valence electrons. The molecule has 0 aliphatic carbocycles. The van der Waals surface area contributed by atoms with E-state index in [0.717, 1.165) is 24.1 Å². The molecule has 4 heteroatoms. The van der Waals surface area contributed by atoms with Crippen LogP contribution in [-0.4, -0.2) is 0 Å². The lowest BCUT2D eigenvalue weighted by atomic mass is 10.0. The zero-order valence-corrected chi connectivity index (χ0v) is 13.7. The summed E-state index contributed by atoms with van der Waals surface area (Å²) in [5, 5.41) is 2.92. The van der Waals surface area contributed by atoms with E-state index in [4.69, 9.17) is 0 Å². The second kappa shape index (κ2) is 7.03. The van der Waals surface area contributed by atoms with Crippen LogP contribution in [0.15, 0.2) is 40.9 Å². The van der Waals surface area contributed by atoms with Crippen LogP contribution >= 0.6 is 15.9 Å². The van der Waals surface area contributed by atoms with Gasteiger partial charge in [0.25, 0.3) is 0 Å². The molecular formula is C17H18BrF2N. The fourth-order valence-corrected chi connectivity index (χ4v) is 2.44. The fourth-order valence-electron chi connectivity index (χ4n) is 2.12. The molecule has 0 radical (unpaired) electrons. The Balaban J connectivity index is 2.01. The quantitative estimate of drug-likeness (QED) is 0.696. The number of rotatable bonds is 5. The maximum absolute atomic E-state index is 13.7. The Hall–Kier alpha value is -1.42. The topological polar surface area (TPSA) is 12.0 Å². The molecule has 0 heterocycles. The number of hydrogen-bond donors (Lipinski definition) is 1. The average molecular weight is 354 g/mol. The third kappa shape index (κ3) is 4.53. The van der Waals surface area contributed by atoms with Crippen LogP contribution in [0.5, 0.6) is 0 Å². The molecule has 0 saturated carbocycles. The number of hydrogen-bond acceptors (Lipinski definition) is 1. The normalized spacial score (nSPS) is 11.0. The van der Waals surface area contributed by atoms with Crippen LogP contribution in [-0.2, 0) is 13.0 Å². The molecule has 0 aliphatic rings. The number of anilines is 1. The average Bonchev–Trinajstić information content (AvgIpc) is 2.42. The highest BCUT2D eigenvalue weighted by molar-refractivity contribution is 9.10. The Kier molecular flexibility index (Phi) is 5.34. The molecule has 0 amide bonds. The number of nitrogens with one attached hydrogen (secondary N) is 1. The van der Waals surface area contributed by atoms with E-state index in [1.165, 1.54) is 5.56 Å². The van der Waals surface area contributed by atoms with Gasteiger partial charge in [0.1, 0.15) is 11.6 Å². The summed E-state index contributed by atoms with van der Waals surface area (Å²) in [5.74, 6) is -0.334. The van der Waals surface area contributed by atoms with Crippen molar-refractivity contribution in [3.8, 4) is 0 Å². The monoisotopic (exact) mass is 353 g/mol. The van der Waals surface area contributed by atoms with Crippen LogP contribution in [0.2, 0.25) is 0 Å². The molecule has 0 spiro atoms. The van der Waals surface area contributed by atoms with Crippen molar-refractivity contribution in [2.45, 2.75) is 26.8 Å². The third-order valence-corrected chi connectivity index (χ3v) is 3.77. The first kappa shape index (κ1) is 16.0. The van der Waals surface area contributed by atoms with Crippen molar-refractivity contribution in [3.05, 3.63) is 63.6 Å². The molecule has 2 aromatic rings. The Morgan fingerprint density at radius 1 is 1.00 bits per heavy atom. The van der Waals surface area contributed by atoms with Crippen molar-refractivity contribution < 1.29 is 8.78 Å². The molecule has 0 fully saturated rings. The van der Waals surface area contributed by atoms with Crippen molar-refractivity contribution in [2.24, 2.45) is 5.92 Å². The lowest BCUT2D eigenvalue weighted by Crippen LogP contribution is -2.03. The van der Waals surface area contributed by atoms with Crippen molar-refractivity contribution in [2.75, 3.05) is 5.32 Å². The first-order chi connectivity index (χ1) is 9.95. The molecule has 2 rings (SSSR count). The lowest BCUT2D eigenvalue weighted by Gasteiger charge is -2.10. The summed E-state index contributed by atoms with van der Waals surface area (Å²) < 4.78 is 27.2. The van der Waals surface area contributed by atoms with Crippen LogP contribution in [0.1, 0.15) is 25.0 Å². The zero-order valence-electron chi connectivity index (χ0n) is 12.1. The van der Waals surface area contributed by atoms with E-state index in [1.54, 1.807) is 0 Å². The van der Waals surface area contributed by atoms with Gasteiger partial charge in [-0.3, -0.25) is 0 Å². The molecule has 0 bridgehead atoms. The summed E-state index contributed by atoms with van der Waals surface area (Å²) in [6.07, 6.45) is 1.04. The van der Waals surface area contributed by atoms with Gasteiger partial charge in [-0.15, -0.1) is 0 Å². The molecule has 2 aromatic carbocycles. The van der Waals surface area contributed by atoms with Crippen LogP contribution in [0.3, 0.4) is 0 Å². The van der Waals surface area contributed by atoms with Crippen molar-refractivity contribution >= 4 is 21.6 Å². The van der Waals surface area contributed by atoms with E-state index in [0.29, 0.717) is 12.5 Å². The van der Waals surface area contributed by atoms with E-state index in [-0.39, 0.29) is 10.2 Å². The minimum atomic E-state index is -0.480. The van der Waals surface area contributed by atoms with Crippen LogP contribution in [0.4, 0.5) is 14.5 Å². The van der Waals surface area contributed by atoms with Gasteiger partial charge in [0.2, 0.25) is 0 Å². The Labute approximate surface area is 132 Å². The lowest BCUT2D eigenvalue weighted by molar-refractivity contribution is 0.596. The van der Waals surface area contributed by atoms with E-state index >= 15 is 0 Å². The fraction of sp³-hybridized carbons (Fsp3) is 0.294. The van der Waals surface area contributed by atoms with Gasteiger partial charge in [-0.25, -0.2) is 8.78 Å². The SMILES string of the molecule is CC(C)Cc1ccc(CNc2cc(F)c(Br)cc2F)cc1. The molecule has 21 heavy (non-hydrogen) atoms. The Morgan fingerprint density at radius 2 is 1.62 bits per heavy atom. The van der Waals surface area contributed by atoms with Gasteiger partial charge >= 0.3 is 0 Å². The summed E-state index contributed by atoms with van der Waals surface area (Å²) in [4.78, 5) is 0. The van der Waals surface area contributed by atoms with Gasteiger partial charge in [-0.2, -0.15) is 0 Å². The molecule has 0 aromatic heterocycles. The standard InChI is InChI=1S/C17H18BrF2N/c1-11(2)7-12-3-5-13(6-4-12)10-21-17-9-15(19)14(18)8-16(17)20/h3-6,8-9,11,21H,7,10H2,1-2H3. The predicted octanol–water partition coefficient (Wildman–Crippen LogP) is 5.54. The molecule has 0 aliphatic heterocycles. The smallest absolute Gasteiger partial charge is 0.147 e. The second-order valence-corrected chi connectivity index (χ2v) is 6.37. The molecule has 0 saturated heterocycles. The van der Waals surface area contributed by atoms with E-state index in [2.05, 4.69) is 47.2 Å². The van der Waals surface area contributed by atoms with Crippen LogP contribution in [0, 0.1) is 17.6 Å². The predicted molar refractivity (Wildman–Crippen MR) is 86.4 cm³/mol. The van der Waals surface area contributed by atoms with Gasteiger partial charge in [0.15, 0.2) is 0 Å². The number of halogens is 3.